The van der Waals surface area contributed by atoms with Gasteiger partial charge in [0.1, 0.15) is 6.04 Å². The van der Waals surface area contributed by atoms with Crippen LogP contribution in [-0.2, 0) is 14.8 Å². The quantitative estimate of drug-likeness (QED) is 0.504. The van der Waals surface area contributed by atoms with E-state index in [1.165, 1.54) is 12.1 Å². The second kappa shape index (κ2) is 7.76. The van der Waals surface area contributed by atoms with Crippen molar-refractivity contribution in [3.8, 4) is 0 Å². The van der Waals surface area contributed by atoms with Crippen LogP contribution in [0.25, 0.3) is 0 Å². The van der Waals surface area contributed by atoms with Gasteiger partial charge in [-0.05, 0) is 31.9 Å². The average Bonchev–Trinajstić information content (AvgIpc) is 2.42. The highest BCUT2D eigenvalue weighted by Gasteiger charge is 2.24. The van der Waals surface area contributed by atoms with E-state index in [9.17, 15) is 18.0 Å². The maximum absolute atomic E-state index is 12.1. The number of nitrogens with one attached hydrogen (secondary N) is 2. The largest absolute Gasteiger partial charge is 0.480 e. The molecule has 9 heteroatoms. The van der Waals surface area contributed by atoms with E-state index >= 15 is 0 Å². The molecule has 0 aliphatic heterocycles. The van der Waals surface area contributed by atoms with Gasteiger partial charge in [0.2, 0.25) is 10.0 Å². The third-order valence-electron chi connectivity index (χ3n) is 2.90. The van der Waals surface area contributed by atoms with Crippen molar-refractivity contribution in [2.45, 2.75) is 30.7 Å². The van der Waals surface area contributed by atoms with Gasteiger partial charge in [0.05, 0.1) is 4.90 Å². The third kappa shape index (κ3) is 5.70. The molecule has 0 aliphatic carbocycles. The molecule has 8 nitrogen and oxygen atoms in total. The van der Waals surface area contributed by atoms with E-state index in [4.69, 9.17) is 10.8 Å². The lowest BCUT2D eigenvalue weighted by molar-refractivity contribution is -0.139. The summed E-state index contributed by atoms with van der Waals surface area (Å²) in [5, 5.41) is 11.4. The van der Waals surface area contributed by atoms with Crippen molar-refractivity contribution in [1.82, 2.24) is 10.0 Å². The molecule has 0 aromatic heterocycles. The van der Waals surface area contributed by atoms with Crippen LogP contribution in [0, 0.1) is 6.92 Å². The molecular weight excluding hydrogens is 310 g/mol. The second-order valence-electron chi connectivity index (χ2n) is 4.76. The summed E-state index contributed by atoms with van der Waals surface area (Å²) >= 11 is 0. The molecule has 0 saturated heterocycles. The number of hydrogen-bond acceptors (Lipinski definition) is 4. The summed E-state index contributed by atoms with van der Waals surface area (Å²) < 4.78 is 26.4. The Bertz CT molecular complexity index is 628. The Morgan fingerprint density at radius 3 is 2.36 bits per heavy atom. The molecule has 0 spiro atoms. The van der Waals surface area contributed by atoms with Gasteiger partial charge >= 0.3 is 12.0 Å². The summed E-state index contributed by atoms with van der Waals surface area (Å²) in [4.78, 5) is 21.7. The van der Waals surface area contributed by atoms with Crippen LogP contribution >= 0.6 is 0 Å². The van der Waals surface area contributed by atoms with Gasteiger partial charge < -0.3 is 16.2 Å². The molecule has 2 amide bonds. The van der Waals surface area contributed by atoms with Crippen LogP contribution < -0.4 is 15.8 Å². The lowest BCUT2D eigenvalue weighted by Gasteiger charge is -2.15. The summed E-state index contributed by atoms with van der Waals surface area (Å²) in [5.41, 5.74) is 5.78. The van der Waals surface area contributed by atoms with E-state index in [0.717, 1.165) is 5.56 Å². The fraction of sp³-hybridized carbons (Fsp3) is 0.385. The Kier molecular flexibility index (Phi) is 6.32. The van der Waals surface area contributed by atoms with E-state index in [1.54, 1.807) is 12.1 Å². The molecule has 22 heavy (non-hydrogen) atoms. The smallest absolute Gasteiger partial charge is 0.321 e. The first-order chi connectivity index (χ1) is 10.2. The summed E-state index contributed by atoms with van der Waals surface area (Å²) in [7, 11) is -3.92. The molecule has 1 aromatic carbocycles. The molecule has 1 atom stereocenters. The number of rotatable bonds is 8. The van der Waals surface area contributed by atoms with Crippen LogP contribution in [0.5, 0.6) is 0 Å². The molecule has 0 heterocycles. The van der Waals surface area contributed by atoms with Crippen molar-refractivity contribution >= 4 is 22.0 Å². The summed E-state index contributed by atoms with van der Waals surface area (Å²) in [6.07, 6.45) is 0.303. The first-order valence-corrected chi connectivity index (χ1v) is 8.06. The minimum atomic E-state index is -3.92. The Labute approximate surface area is 128 Å². The molecule has 0 aliphatic rings. The van der Waals surface area contributed by atoms with Crippen molar-refractivity contribution in [3.05, 3.63) is 29.8 Å². The zero-order valence-electron chi connectivity index (χ0n) is 12.1. The summed E-state index contributed by atoms with van der Waals surface area (Å²) in [6, 6.07) is 4.08. The van der Waals surface area contributed by atoms with Crippen molar-refractivity contribution < 1.29 is 23.1 Å². The average molecular weight is 329 g/mol. The highest BCUT2D eigenvalue weighted by atomic mass is 32.2. The predicted molar refractivity (Wildman–Crippen MR) is 79.7 cm³/mol. The molecule has 0 bridgehead atoms. The minimum absolute atomic E-state index is 0.000360. The monoisotopic (exact) mass is 329 g/mol. The van der Waals surface area contributed by atoms with Crippen LogP contribution in [0.2, 0.25) is 0 Å². The van der Waals surface area contributed by atoms with Gasteiger partial charge in [0.25, 0.3) is 0 Å². The molecular formula is C13H19N3O5S. The van der Waals surface area contributed by atoms with Crippen LogP contribution in [0.15, 0.2) is 29.2 Å². The summed E-state index contributed by atoms with van der Waals surface area (Å²) in [5.74, 6) is -1.28. The Morgan fingerprint density at radius 2 is 1.86 bits per heavy atom. The number of hydrogen-bond donors (Lipinski definition) is 4. The molecule has 0 fully saturated rings. The maximum atomic E-state index is 12.1. The fourth-order valence-electron chi connectivity index (χ4n) is 1.72. The van der Waals surface area contributed by atoms with E-state index in [-0.39, 0.29) is 24.3 Å². The van der Waals surface area contributed by atoms with Gasteiger partial charge in [-0.15, -0.1) is 0 Å². The molecule has 1 rings (SSSR count). The van der Waals surface area contributed by atoms with Crippen LogP contribution in [-0.4, -0.2) is 38.1 Å². The number of carboxylic acids is 1. The first kappa shape index (κ1) is 17.9. The molecule has 5 N–H and O–H groups in total. The highest BCUT2D eigenvalue weighted by Crippen LogP contribution is 2.11. The number of urea groups is 1. The topological polar surface area (TPSA) is 139 Å². The lowest BCUT2D eigenvalue weighted by atomic mass is 10.2. The SMILES string of the molecule is Cc1ccc(S(=O)(=O)NC(CCCNC(N)=O)C(=O)O)cc1. The number of primary amides is 1. The zero-order valence-corrected chi connectivity index (χ0v) is 12.9. The molecule has 0 saturated carbocycles. The Morgan fingerprint density at radius 1 is 1.27 bits per heavy atom. The number of sulfonamides is 1. The van der Waals surface area contributed by atoms with Gasteiger partial charge in [-0.1, -0.05) is 17.7 Å². The molecule has 122 valence electrons. The fourth-order valence-corrected chi connectivity index (χ4v) is 2.95. The number of amides is 2. The van der Waals surface area contributed by atoms with Gasteiger partial charge in [0, 0.05) is 6.54 Å². The van der Waals surface area contributed by atoms with E-state index in [0.29, 0.717) is 0 Å². The van der Waals surface area contributed by atoms with Gasteiger partial charge in [-0.2, -0.15) is 4.72 Å². The number of aryl methyl sites for hydroxylation is 1. The number of carboxylic acid groups (broad SMARTS) is 1. The maximum Gasteiger partial charge on any atom is 0.321 e. The van der Waals surface area contributed by atoms with Gasteiger partial charge in [-0.25, -0.2) is 13.2 Å². The van der Waals surface area contributed by atoms with Crippen LogP contribution in [0.1, 0.15) is 18.4 Å². The molecule has 1 aromatic rings. The molecule has 1 unspecified atom stereocenters. The number of nitrogens with two attached hydrogens (primary N) is 1. The number of benzene rings is 1. The van der Waals surface area contributed by atoms with Crippen molar-refractivity contribution in [1.29, 1.82) is 0 Å². The van der Waals surface area contributed by atoms with Crippen LogP contribution in [0.3, 0.4) is 0 Å². The van der Waals surface area contributed by atoms with Crippen LogP contribution in [0.4, 0.5) is 4.79 Å². The standard InChI is InChI=1S/C13H19N3O5S/c1-9-4-6-10(7-5-9)22(20,21)16-11(12(17)18)3-2-8-15-13(14)19/h4-7,11,16H,2-3,8H2,1H3,(H,17,18)(H3,14,15,19). The van der Waals surface area contributed by atoms with Gasteiger partial charge in [-0.3, -0.25) is 4.79 Å². The number of carbonyl (C=O) groups is 2. The van der Waals surface area contributed by atoms with E-state index < -0.39 is 28.1 Å². The van der Waals surface area contributed by atoms with E-state index in [1.807, 2.05) is 6.92 Å². The van der Waals surface area contributed by atoms with Crippen molar-refractivity contribution in [2.75, 3.05) is 6.54 Å². The molecule has 0 radical (unpaired) electrons. The lowest BCUT2D eigenvalue weighted by Crippen LogP contribution is -2.41. The third-order valence-corrected chi connectivity index (χ3v) is 4.38. The first-order valence-electron chi connectivity index (χ1n) is 6.57. The number of carbonyl (C=O) groups excluding carboxylic acids is 1. The summed E-state index contributed by atoms with van der Waals surface area (Å²) in [6.45, 7) is 1.99. The Hall–Kier alpha value is -2.13. The zero-order chi connectivity index (χ0) is 16.8. The predicted octanol–water partition coefficient (Wildman–Crippen LogP) is 0.175. The van der Waals surface area contributed by atoms with E-state index in [2.05, 4.69) is 10.0 Å². The van der Waals surface area contributed by atoms with Crippen molar-refractivity contribution in [2.24, 2.45) is 5.73 Å². The number of aliphatic carboxylic acids is 1. The Balaban J connectivity index is 2.71. The highest BCUT2D eigenvalue weighted by molar-refractivity contribution is 7.89. The second-order valence-corrected chi connectivity index (χ2v) is 6.47. The van der Waals surface area contributed by atoms with Crippen molar-refractivity contribution in [3.63, 3.8) is 0 Å². The van der Waals surface area contributed by atoms with Gasteiger partial charge in [0.15, 0.2) is 0 Å². The minimum Gasteiger partial charge on any atom is -0.480 e. The normalized spacial score (nSPS) is 12.6.